The molecule has 1 rings (SSSR count). The van der Waals surface area contributed by atoms with Crippen molar-refractivity contribution in [2.45, 2.75) is 0 Å². The fourth-order valence-electron chi connectivity index (χ4n) is 0.333. The second-order valence-corrected chi connectivity index (χ2v) is 2.21. The van der Waals surface area contributed by atoms with Crippen LogP contribution in [0, 0.1) is 11.2 Å². The topological polar surface area (TPSA) is 12.9 Å². The summed E-state index contributed by atoms with van der Waals surface area (Å²) in [5.41, 5.74) is 1.74. The lowest BCUT2D eigenvalue weighted by Gasteiger charge is -1.66. The van der Waals surface area contributed by atoms with Crippen molar-refractivity contribution in [1.29, 1.82) is 0 Å². The Morgan fingerprint density at radius 1 is 1.75 bits per heavy atom. The van der Waals surface area contributed by atoms with Gasteiger partial charge in [-0.1, -0.05) is 12.6 Å². The molecule has 8 heavy (non-hydrogen) atoms. The van der Waals surface area contributed by atoms with Crippen molar-refractivity contribution in [2.24, 2.45) is 0 Å². The summed E-state index contributed by atoms with van der Waals surface area (Å²) in [5.74, 6) is 2.76. The van der Waals surface area contributed by atoms with E-state index >= 15 is 0 Å². The minimum atomic E-state index is 0.958. The van der Waals surface area contributed by atoms with Crippen LogP contribution in [0.25, 0.3) is 0 Å². The second kappa shape index (κ2) is 2.75. The van der Waals surface area contributed by atoms with Gasteiger partial charge in [-0.3, -0.25) is 4.98 Å². The zero-order valence-electron chi connectivity index (χ0n) is 3.96. The second-order valence-electron chi connectivity index (χ2n) is 1.10. The highest BCUT2D eigenvalue weighted by molar-refractivity contribution is 7.85. The number of thiol groups is 1. The average molecular weight is 141 g/mol. The van der Waals surface area contributed by atoms with Crippen LogP contribution in [-0.2, 0) is 0 Å². The number of hydrogen-bond donors (Lipinski definition) is 1. The molecule has 0 aliphatic rings. The summed E-state index contributed by atoms with van der Waals surface area (Å²) in [6.07, 6.45) is 1.72. The van der Waals surface area contributed by atoms with Crippen molar-refractivity contribution in [3.05, 3.63) is 16.6 Å². The summed E-state index contributed by atoms with van der Waals surface area (Å²) in [6.45, 7) is 0. The Morgan fingerprint density at radius 3 is 3.12 bits per heavy atom. The van der Waals surface area contributed by atoms with Crippen molar-refractivity contribution in [3.8, 4) is 11.2 Å². The van der Waals surface area contributed by atoms with Gasteiger partial charge in [0.2, 0.25) is 0 Å². The van der Waals surface area contributed by atoms with Crippen LogP contribution in [0.1, 0.15) is 4.88 Å². The van der Waals surface area contributed by atoms with E-state index < -0.39 is 0 Å². The van der Waals surface area contributed by atoms with Gasteiger partial charge in [-0.05, 0) is 11.2 Å². The van der Waals surface area contributed by atoms with Gasteiger partial charge in [-0.2, -0.15) is 0 Å². The highest BCUT2D eigenvalue weighted by atomic mass is 32.1. The van der Waals surface area contributed by atoms with Gasteiger partial charge >= 0.3 is 0 Å². The lowest BCUT2D eigenvalue weighted by atomic mass is 10.6. The summed E-state index contributed by atoms with van der Waals surface area (Å²) in [4.78, 5) is 4.78. The van der Waals surface area contributed by atoms with E-state index in [1.807, 2.05) is 0 Å². The molecule has 1 heterocycles. The molecule has 0 aliphatic carbocycles. The maximum atomic E-state index is 3.82. The molecule has 1 nitrogen and oxygen atoms in total. The van der Waals surface area contributed by atoms with Crippen molar-refractivity contribution in [2.75, 3.05) is 0 Å². The fraction of sp³-hybridized carbons (Fsp3) is 0. The largest absolute Gasteiger partial charge is 0.252 e. The minimum absolute atomic E-state index is 0.958. The Morgan fingerprint density at radius 2 is 2.62 bits per heavy atom. The first-order valence-corrected chi connectivity index (χ1v) is 3.30. The summed E-state index contributed by atoms with van der Waals surface area (Å²) in [5, 5.41) is 2.48. The molecule has 1 aromatic heterocycles. The van der Waals surface area contributed by atoms with E-state index in [1.165, 1.54) is 11.3 Å². The van der Waals surface area contributed by atoms with E-state index in [1.54, 1.807) is 11.7 Å². The van der Waals surface area contributed by atoms with Crippen LogP contribution < -0.4 is 0 Å². The van der Waals surface area contributed by atoms with E-state index in [0.717, 1.165) is 4.88 Å². The first-order valence-electron chi connectivity index (χ1n) is 1.97. The Kier molecular flexibility index (Phi) is 1.95. The van der Waals surface area contributed by atoms with Crippen LogP contribution in [-0.4, -0.2) is 4.98 Å². The third kappa shape index (κ3) is 1.25. The number of nitrogens with zero attached hydrogens (tertiary/aromatic N) is 1. The third-order valence-corrected chi connectivity index (χ3v) is 1.41. The summed E-state index contributed by atoms with van der Waals surface area (Å²) < 4.78 is 0. The van der Waals surface area contributed by atoms with E-state index in [9.17, 15) is 0 Å². The maximum Gasteiger partial charge on any atom is 0.0975 e. The summed E-state index contributed by atoms with van der Waals surface area (Å²) in [7, 11) is 0. The molecule has 0 spiro atoms. The molecular weight excluding hydrogens is 138 g/mol. The first-order chi connectivity index (χ1) is 3.93. The molecule has 3 heteroatoms. The standard InChI is InChI=1S/C5H3NS2/c7-2-1-5-3-6-4-8-5/h3-4,7H. The predicted octanol–water partition coefficient (Wildman–Crippen LogP) is 1.38. The number of hydrogen-bond acceptors (Lipinski definition) is 3. The molecular formula is C5H3NS2. The van der Waals surface area contributed by atoms with Crippen LogP contribution in [0.2, 0.25) is 0 Å². The number of aromatic nitrogens is 1. The monoisotopic (exact) mass is 141 g/mol. The Bertz CT molecular complexity index is 204. The van der Waals surface area contributed by atoms with Gasteiger partial charge in [0, 0.05) is 0 Å². The molecule has 40 valence electrons. The SMILES string of the molecule is SC#Cc1cncs1. The van der Waals surface area contributed by atoms with Crippen LogP contribution >= 0.6 is 24.0 Å². The van der Waals surface area contributed by atoms with Gasteiger partial charge in [0.1, 0.15) is 0 Å². The lowest BCUT2D eigenvalue weighted by molar-refractivity contribution is 1.42. The highest BCUT2D eigenvalue weighted by Crippen LogP contribution is 2.01. The third-order valence-electron chi connectivity index (χ3n) is 0.611. The molecule has 0 saturated heterocycles. The zero-order valence-corrected chi connectivity index (χ0v) is 5.67. The quantitative estimate of drug-likeness (QED) is 0.425. The Balaban J connectivity index is 2.88. The van der Waals surface area contributed by atoms with Crippen LogP contribution in [0.15, 0.2) is 11.7 Å². The van der Waals surface area contributed by atoms with Crippen molar-refractivity contribution >= 4 is 24.0 Å². The molecule has 0 bridgehead atoms. The van der Waals surface area contributed by atoms with Crippen LogP contribution in [0.3, 0.4) is 0 Å². The zero-order chi connectivity index (χ0) is 5.82. The molecule has 0 radical (unpaired) electrons. The van der Waals surface area contributed by atoms with E-state index in [2.05, 4.69) is 28.8 Å². The molecule has 1 aromatic rings. The summed E-state index contributed by atoms with van der Waals surface area (Å²) >= 11 is 5.24. The van der Waals surface area contributed by atoms with Gasteiger partial charge < -0.3 is 0 Å². The van der Waals surface area contributed by atoms with Crippen LogP contribution in [0.5, 0.6) is 0 Å². The number of thiazole rings is 1. The van der Waals surface area contributed by atoms with E-state index in [-0.39, 0.29) is 0 Å². The molecule has 0 unspecified atom stereocenters. The molecule has 0 amide bonds. The summed E-state index contributed by atoms with van der Waals surface area (Å²) in [6, 6.07) is 0. The van der Waals surface area contributed by atoms with Crippen molar-refractivity contribution < 1.29 is 0 Å². The Labute approximate surface area is 57.2 Å². The smallest absolute Gasteiger partial charge is 0.0975 e. The van der Waals surface area contributed by atoms with Gasteiger partial charge in [-0.25, -0.2) is 0 Å². The lowest BCUT2D eigenvalue weighted by Crippen LogP contribution is -1.55. The normalized spacial score (nSPS) is 7.62. The molecule has 0 atom stereocenters. The highest BCUT2D eigenvalue weighted by Gasteiger charge is 1.82. The fourth-order valence-corrected chi connectivity index (χ4v) is 0.996. The van der Waals surface area contributed by atoms with Gasteiger partial charge in [-0.15, -0.1) is 11.3 Å². The van der Waals surface area contributed by atoms with E-state index in [0.29, 0.717) is 0 Å². The van der Waals surface area contributed by atoms with Gasteiger partial charge in [0.25, 0.3) is 0 Å². The average Bonchev–Trinajstić information content (AvgIpc) is 2.19. The maximum absolute atomic E-state index is 3.82. The number of rotatable bonds is 0. The van der Waals surface area contributed by atoms with Gasteiger partial charge in [0.15, 0.2) is 0 Å². The Hall–Kier alpha value is -0.460. The molecule has 0 saturated carbocycles. The van der Waals surface area contributed by atoms with E-state index in [4.69, 9.17) is 0 Å². The molecule has 0 N–H and O–H groups in total. The molecule has 0 aromatic carbocycles. The van der Waals surface area contributed by atoms with Crippen molar-refractivity contribution in [3.63, 3.8) is 0 Å². The first kappa shape index (κ1) is 5.67. The predicted molar refractivity (Wildman–Crippen MR) is 38.0 cm³/mol. The molecule has 0 aliphatic heterocycles. The van der Waals surface area contributed by atoms with Crippen LogP contribution in [0.4, 0.5) is 0 Å². The van der Waals surface area contributed by atoms with Gasteiger partial charge in [0.05, 0.1) is 16.6 Å². The minimum Gasteiger partial charge on any atom is -0.252 e. The van der Waals surface area contributed by atoms with Crippen molar-refractivity contribution in [1.82, 2.24) is 4.98 Å². The molecule has 0 fully saturated rings.